The fraction of sp³-hybridized carbons (Fsp3) is 0.429. The molecule has 1 saturated carbocycles. The lowest BCUT2D eigenvalue weighted by Gasteiger charge is -2.21. The molecule has 2 aromatic rings. The Labute approximate surface area is 110 Å². The highest BCUT2D eigenvalue weighted by Crippen LogP contribution is 2.43. The second-order valence-corrected chi connectivity index (χ2v) is 5.27. The van der Waals surface area contributed by atoms with Crippen LogP contribution in [0.1, 0.15) is 31.4 Å². The molecule has 0 saturated heterocycles. The van der Waals surface area contributed by atoms with Gasteiger partial charge in [-0.3, -0.25) is 9.48 Å². The fourth-order valence-electron chi connectivity index (χ4n) is 3.14. The minimum atomic E-state index is -0.896. The van der Waals surface area contributed by atoms with Crippen molar-refractivity contribution in [3.05, 3.63) is 23.9 Å². The van der Waals surface area contributed by atoms with Crippen molar-refractivity contribution in [2.45, 2.75) is 31.1 Å². The number of nitrogens with zero attached hydrogens (tertiary/aromatic N) is 2. The van der Waals surface area contributed by atoms with Gasteiger partial charge in [0.05, 0.1) is 11.2 Å². The highest BCUT2D eigenvalue weighted by molar-refractivity contribution is 5.91. The number of carboxylic acid groups (broad SMARTS) is 1. The number of carbonyl (C=O) groups is 1. The first kappa shape index (κ1) is 12.0. The molecule has 1 aromatic carbocycles. The second-order valence-electron chi connectivity index (χ2n) is 5.27. The molecule has 0 unspecified atom stereocenters. The van der Waals surface area contributed by atoms with E-state index < -0.39 is 11.4 Å². The third kappa shape index (κ3) is 1.61. The van der Waals surface area contributed by atoms with Gasteiger partial charge in [0.2, 0.25) is 0 Å². The highest BCUT2D eigenvalue weighted by atomic mass is 16.4. The minimum absolute atomic E-state index is 0.139. The molecule has 1 heterocycles. The number of hydrogen-bond donors (Lipinski definition) is 2. The third-order valence-corrected chi connectivity index (χ3v) is 4.15. The molecule has 5 nitrogen and oxygen atoms in total. The number of hydrogen-bond acceptors (Lipinski definition) is 3. The van der Waals surface area contributed by atoms with E-state index in [0.717, 1.165) is 23.7 Å². The summed E-state index contributed by atoms with van der Waals surface area (Å²) in [5, 5.41) is 24.5. The predicted molar refractivity (Wildman–Crippen MR) is 70.2 cm³/mol. The quantitative estimate of drug-likeness (QED) is 0.867. The zero-order chi connectivity index (χ0) is 13.6. The number of carboxylic acids is 1. The van der Waals surface area contributed by atoms with Crippen LogP contribution < -0.4 is 0 Å². The van der Waals surface area contributed by atoms with Crippen molar-refractivity contribution >= 4 is 16.9 Å². The first-order valence-corrected chi connectivity index (χ1v) is 6.44. The van der Waals surface area contributed by atoms with E-state index >= 15 is 0 Å². The second kappa shape index (κ2) is 3.98. The summed E-state index contributed by atoms with van der Waals surface area (Å²) in [6, 6.07) is 4.97. The molecule has 3 rings (SSSR count). The van der Waals surface area contributed by atoms with Crippen LogP contribution in [-0.4, -0.2) is 26.0 Å². The standard InChI is InChI=1S/C14H16N2O3/c1-16-11-5-4-9(17)8-10(11)12(15-16)14(13(18)19)6-2-3-7-14/h4-5,8,17H,2-3,6-7H2,1H3,(H,18,19). The number of aliphatic carboxylic acids is 1. The molecule has 0 bridgehead atoms. The molecular formula is C14H16N2O3. The molecule has 5 heteroatoms. The van der Waals surface area contributed by atoms with Crippen LogP contribution in [0.4, 0.5) is 0 Å². The van der Waals surface area contributed by atoms with E-state index in [2.05, 4.69) is 5.10 Å². The number of aromatic hydroxyl groups is 1. The SMILES string of the molecule is Cn1nc(C2(C(=O)O)CCCC2)c2cc(O)ccc21. The van der Waals surface area contributed by atoms with Gasteiger partial charge in [0.1, 0.15) is 11.2 Å². The van der Waals surface area contributed by atoms with Gasteiger partial charge in [0.25, 0.3) is 0 Å². The number of phenols is 1. The molecular weight excluding hydrogens is 244 g/mol. The molecule has 0 radical (unpaired) electrons. The minimum Gasteiger partial charge on any atom is -0.508 e. The molecule has 19 heavy (non-hydrogen) atoms. The maximum Gasteiger partial charge on any atom is 0.315 e. The Kier molecular flexibility index (Phi) is 2.52. The van der Waals surface area contributed by atoms with Crippen molar-refractivity contribution in [1.82, 2.24) is 9.78 Å². The average Bonchev–Trinajstić information content (AvgIpc) is 2.95. The Balaban J connectivity index is 2.30. The van der Waals surface area contributed by atoms with Crippen LogP contribution in [0.2, 0.25) is 0 Å². The van der Waals surface area contributed by atoms with Crippen LogP contribution in [-0.2, 0) is 17.3 Å². The van der Waals surface area contributed by atoms with Crippen LogP contribution in [0.5, 0.6) is 5.75 Å². The molecule has 1 fully saturated rings. The summed E-state index contributed by atoms with van der Waals surface area (Å²) in [7, 11) is 1.80. The van der Waals surface area contributed by atoms with Gasteiger partial charge in [-0.2, -0.15) is 5.10 Å². The van der Waals surface area contributed by atoms with Crippen LogP contribution in [0, 0.1) is 0 Å². The van der Waals surface area contributed by atoms with E-state index in [4.69, 9.17) is 0 Å². The summed E-state index contributed by atoms with van der Waals surface area (Å²) < 4.78 is 1.69. The smallest absolute Gasteiger partial charge is 0.315 e. The molecule has 0 spiro atoms. The van der Waals surface area contributed by atoms with Gasteiger partial charge in [-0.1, -0.05) is 12.8 Å². The number of fused-ring (bicyclic) bond motifs is 1. The lowest BCUT2D eigenvalue weighted by atomic mass is 9.81. The molecule has 1 aromatic heterocycles. The van der Waals surface area contributed by atoms with Gasteiger partial charge in [-0.05, 0) is 31.0 Å². The third-order valence-electron chi connectivity index (χ3n) is 4.15. The van der Waals surface area contributed by atoms with Crippen molar-refractivity contribution in [3.8, 4) is 5.75 Å². The molecule has 2 N–H and O–H groups in total. The van der Waals surface area contributed by atoms with Gasteiger partial charge in [-0.25, -0.2) is 0 Å². The molecule has 100 valence electrons. The fourth-order valence-corrected chi connectivity index (χ4v) is 3.14. The van der Waals surface area contributed by atoms with E-state index in [-0.39, 0.29) is 5.75 Å². The van der Waals surface area contributed by atoms with Crippen LogP contribution >= 0.6 is 0 Å². The number of aromatic nitrogens is 2. The first-order chi connectivity index (χ1) is 9.04. The summed E-state index contributed by atoms with van der Waals surface area (Å²) >= 11 is 0. The zero-order valence-electron chi connectivity index (χ0n) is 10.8. The summed E-state index contributed by atoms with van der Waals surface area (Å²) in [6.07, 6.45) is 3.04. The van der Waals surface area contributed by atoms with Crippen molar-refractivity contribution in [2.75, 3.05) is 0 Å². The summed E-state index contributed by atoms with van der Waals surface area (Å²) in [5.74, 6) is -0.673. The van der Waals surface area contributed by atoms with E-state index in [1.54, 1.807) is 29.9 Å². The zero-order valence-corrected chi connectivity index (χ0v) is 10.8. The van der Waals surface area contributed by atoms with Gasteiger partial charge in [-0.15, -0.1) is 0 Å². The highest BCUT2D eigenvalue weighted by Gasteiger charge is 2.46. The average molecular weight is 260 g/mol. The van der Waals surface area contributed by atoms with Crippen molar-refractivity contribution in [3.63, 3.8) is 0 Å². The van der Waals surface area contributed by atoms with E-state index in [9.17, 15) is 15.0 Å². The van der Waals surface area contributed by atoms with E-state index in [0.29, 0.717) is 18.5 Å². The lowest BCUT2D eigenvalue weighted by molar-refractivity contribution is -0.143. The van der Waals surface area contributed by atoms with E-state index in [1.165, 1.54) is 0 Å². The van der Waals surface area contributed by atoms with Gasteiger partial charge in [0, 0.05) is 12.4 Å². The monoisotopic (exact) mass is 260 g/mol. The Bertz CT molecular complexity index is 654. The lowest BCUT2D eigenvalue weighted by Crippen LogP contribution is -2.33. The molecule has 1 aliphatic rings. The Morgan fingerprint density at radius 2 is 2.05 bits per heavy atom. The topological polar surface area (TPSA) is 75.4 Å². The number of benzene rings is 1. The normalized spacial score (nSPS) is 17.9. The number of rotatable bonds is 2. The number of aryl methyl sites for hydroxylation is 1. The number of phenolic OH excluding ortho intramolecular Hbond substituents is 1. The summed E-state index contributed by atoms with van der Waals surface area (Å²) in [5.41, 5.74) is 0.541. The molecule has 1 aliphatic carbocycles. The Morgan fingerprint density at radius 1 is 1.37 bits per heavy atom. The first-order valence-electron chi connectivity index (χ1n) is 6.44. The van der Waals surface area contributed by atoms with Gasteiger partial charge < -0.3 is 10.2 Å². The Hall–Kier alpha value is -2.04. The largest absolute Gasteiger partial charge is 0.508 e. The van der Waals surface area contributed by atoms with Crippen molar-refractivity contribution < 1.29 is 15.0 Å². The van der Waals surface area contributed by atoms with Crippen LogP contribution in [0.3, 0.4) is 0 Å². The van der Waals surface area contributed by atoms with Crippen LogP contribution in [0.15, 0.2) is 18.2 Å². The predicted octanol–water partition coefficient (Wildman–Crippen LogP) is 2.18. The molecule has 0 atom stereocenters. The van der Waals surface area contributed by atoms with Crippen LogP contribution in [0.25, 0.3) is 10.9 Å². The maximum absolute atomic E-state index is 11.8. The molecule has 0 amide bonds. The Morgan fingerprint density at radius 3 is 2.68 bits per heavy atom. The van der Waals surface area contributed by atoms with Crippen molar-refractivity contribution in [2.24, 2.45) is 7.05 Å². The van der Waals surface area contributed by atoms with Gasteiger partial charge >= 0.3 is 5.97 Å². The summed E-state index contributed by atoms with van der Waals surface area (Å²) in [6.45, 7) is 0. The van der Waals surface area contributed by atoms with E-state index in [1.807, 2.05) is 0 Å². The van der Waals surface area contributed by atoms with Crippen molar-refractivity contribution in [1.29, 1.82) is 0 Å². The summed E-state index contributed by atoms with van der Waals surface area (Å²) in [4.78, 5) is 11.8. The maximum atomic E-state index is 11.8. The van der Waals surface area contributed by atoms with Gasteiger partial charge in [0.15, 0.2) is 0 Å². The molecule has 0 aliphatic heterocycles.